The van der Waals surface area contributed by atoms with Crippen molar-refractivity contribution in [1.82, 2.24) is 15.5 Å². The maximum Gasteiger partial charge on any atom is 0.226 e. The van der Waals surface area contributed by atoms with E-state index in [4.69, 9.17) is 0 Å². The second kappa shape index (κ2) is 8.37. The number of carbonyl (C=O) groups is 2. The Labute approximate surface area is 127 Å². The van der Waals surface area contributed by atoms with Gasteiger partial charge >= 0.3 is 0 Å². The van der Waals surface area contributed by atoms with Crippen LogP contribution in [-0.2, 0) is 9.59 Å². The van der Waals surface area contributed by atoms with Crippen LogP contribution in [-0.4, -0.2) is 49.4 Å². The summed E-state index contributed by atoms with van der Waals surface area (Å²) in [4.78, 5) is 26.1. The van der Waals surface area contributed by atoms with Crippen molar-refractivity contribution < 1.29 is 9.59 Å². The Bertz CT molecular complexity index is 353. The molecule has 2 unspecified atom stereocenters. The van der Waals surface area contributed by atoms with Gasteiger partial charge in [0.05, 0.1) is 5.92 Å². The molecule has 2 rings (SSSR count). The third-order valence-electron chi connectivity index (χ3n) is 4.54. The number of piperidine rings is 2. The first-order valence-electron chi connectivity index (χ1n) is 8.47. The Morgan fingerprint density at radius 2 is 2.14 bits per heavy atom. The lowest BCUT2D eigenvalue weighted by Gasteiger charge is -2.36. The van der Waals surface area contributed by atoms with Crippen LogP contribution < -0.4 is 10.6 Å². The molecule has 2 fully saturated rings. The number of amides is 2. The number of hydrogen-bond acceptors (Lipinski definition) is 3. The Kier molecular flexibility index (Phi) is 6.49. The second-order valence-corrected chi connectivity index (χ2v) is 6.39. The zero-order valence-corrected chi connectivity index (χ0v) is 13.2. The SMILES string of the molecule is CCCC(=O)NCC1CCCN(C(=O)C2CCCNC2)C1. The van der Waals surface area contributed by atoms with Crippen molar-refractivity contribution in [3.05, 3.63) is 0 Å². The van der Waals surface area contributed by atoms with Crippen LogP contribution in [0.3, 0.4) is 0 Å². The number of nitrogens with zero attached hydrogens (tertiary/aromatic N) is 1. The lowest BCUT2D eigenvalue weighted by atomic mass is 9.93. The zero-order chi connectivity index (χ0) is 15.1. The van der Waals surface area contributed by atoms with Crippen LogP contribution in [0.25, 0.3) is 0 Å². The predicted molar refractivity (Wildman–Crippen MR) is 82.8 cm³/mol. The van der Waals surface area contributed by atoms with Crippen molar-refractivity contribution in [1.29, 1.82) is 0 Å². The molecule has 2 amide bonds. The molecular weight excluding hydrogens is 266 g/mol. The summed E-state index contributed by atoms with van der Waals surface area (Å²) in [6.07, 6.45) is 5.76. The van der Waals surface area contributed by atoms with Crippen LogP contribution in [0.15, 0.2) is 0 Å². The monoisotopic (exact) mass is 295 g/mol. The molecule has 0 aromatic heterocycles. The van der Waals surface area contributed by atoms with Gasteiger partial charge in [-0.25, -0.2) is 0 Å². The molecule has 2 N–H and O–H groups in total. The smallest absolute Gasteiger partial charge is 0.226 e. The fourth-order valence-electron chi connectivity index (χ4n) is 3.33. The molecule has 0 aromatic rings. The maximum atomic E-state index is 12.5. The van der Waals surface area contributed by atoms with Gasteiger partial charge in [-0.05, 0) is 44.6 Å². The molecule has 0 aliphatic carbocycles. The predicted octanol–water partition coefficient (Wildman–Crippen LogP) is 1.14. The molecule has 2 aliphatic rings. The van der Waals surface area contributed by atoms with Gasteiger partial charge < -0.3 is 15.5 Å². The lowest BCUT2D eigenvalue weighted by Crippen LogP contribution is -2.48. The normalized spacial score (nSPS) is 26.4. The third-order valence-corrected chi connectivity index (χ3v) is 4.54. The van der Waals surface area contributed by atoms with Gasteiger partial charge in [-0.1, -0.05) is 6.92 Å². The molecule has 0 aromatic carbocycles. The van der Waals surface area contributed by atoms with Gasteiger partial charge in [0.15, 0.2) is 0 Å². The fourth-order valence-corrected chi connectivity index (χ4v) is 3.33. The van der Waals surface area contributed by atoms with Gasteiger partial charge in [-0.2, -0.15) is 0 Å². The highest BCUT2D eigenvalue weighted by Gasteiger charge is 2.29. The Balaban J connectivity index is 1.77. The molecular formula is C16H29N3O2. The van der Waals surface area contributed by atoms with Crippen LogP contribution in [0.1, 0.15) is 45.4 Å². The standard InChI is InChI=1S/C16H29N3O2/c1-2-5-15(20)18-10-13-6-4-9-19(12-13)16(21)14-7-3-8-17-11-14/h13-14,17H,2-12H2,1H3,(H,18,20). The van der Waals surface area contributed by atoms with E-state index in [1.807, 2.05) is 11.8 Å². The van der Waals surface area contributed by atoms with Crippen molar-refractivity contribution in [2.75, 3.05) is 32.7 Å². The molecule has 0 bridgehead atoms. The van der Waals surface area contributed by atoms with Gasteiger partial charge in [0.2, 0.25) is 11.8 Å². The van der Waals surface area contributed by atoms with Gasteiger partial charge in [0.1, 0.15) is 0 Å². The Hall–Kier alpha value is -1.10. The molecule has 0 spiro atoms. The molecule has 2 heterocycles. The molecule has 21 heavy (non-hydrogen) atoms. The molecule has 2 atom stereocenters. The van der Waals surface area contributed by atoms with E-state index in [-0.39, 0.29) is 11.8 Å². The highest BCUT2D eigenvalue weighted by atomic mass is 16.2. The summed E-state index contributed by atoms with van der Waals surface area (Å²) in [6.45, 7) is 6.28. The Morgan fingerprint density at radius 1 is 1.29 bits per heavy atom. The molecule has 120 valence electrons. The lowest BCUT2D eigenvalue weighted by molar-refractivity contribution is -0.137. The molecule has 0 saturated carbocycles. The molecule has 2 aliphatic heterocycles. The topological polar surface area (TPSA) is 61.4 Å². The molecule has 5 nitrogen and oxygen atoms in total. The summed E-state index contributed by atoms with van der Waals surface area (Å²) in [5.41, 5.74) is 0. The summed E-state index contributed by atoms with van der Waals surface area (Å²) in [5, 5.41) is 6.32. The third kappa shape index (κ3) is 4.99. The molecule has 5 heteroatoms. The van der Waals surface area contributed by atoms with Crippen molar-refractivity contribution in [2.45, 2.75) is 45.4 Å². The fraction of sp³-hybridized carbons (Fsp3) is 0.875. The number of hydrogen-bond donors (Lipinski definition) is 2. The van der Waals surface area contributed by atoms with Gasteiger partial charge in [-0.3, -0.25) is 9.59 Å². The van der Waals surface area contributed by atoms with E-state index in [1.165, 1.54) is 0 Å². The first kappa shape index (κ1) is 16.3. The van der Waals surface area contributed by atoms with Crippen LogP contribution >= 0.6 is 0 Å². The maximum absolute atomic E-state index is 12.5. The Morgan fingerprint density at radius 3 is 2.86 bits per heavy atom. The van der Waals surface area contributed by atoms with Crippen LogP contribution in [0, 0.1) is 11.8 Å². The minimum atomic E-state index is 0.137. The summed E-state index contributed by atoms with van der Waals surface area (Å²) >= 11 is 0. The quantitative estimate of drug-likeness (QED) is 0.799. The highest BCUT2D eigenvalue weighted by Crippen LogP contribution is 2.20. The van der Waals surface area contributed by atoms with E-state index < -0.39 is 0 Å². The van der Waals surface area contributed by atoms with Gasteiger partial charge in [-0.15, -0.1) is 0 Å². The average Bonchev–Trinajstić information content (AvgIpc) is 2.54. The van der Waals surface area contributed by atoms with Crippen molar-refractivity contribution in [3.8, 4) is 0 Å². The highest BCUT2D eigenvalue weighted by molar-refractivity contribution is 5.79. The number of rotatable bonds is 5. The van der Waals surface area contributed by atoms with Crippen LogP contribution in [0.4, 0.5) is 0 Å². The van der Waals surface area contributed by atoms with E-state index in [0.29, 0.717) is 24.8 Å². The van der Waals surface area contributed by atoms with E-state index in [9.17, 15) is 9.59 Å². The number of nitrogens with one attached hydrogen (secondary N) is 2. The average molecular weight is 295 g/mol. The van der Waals surface area contributed by atoms with Crippen LogP contribution in [0.2, 0.25) is 0 Å². The zero-order valence-electron chi connectivity index (χ0n) is 13.2. The number of likely N-dealkylation sites (tertiary alicyclic amines) is 1. The number of carbonyl (C=O) groups excluding carboxylic acids is 2. The van der Waals surface area contributed by atoms with Crippen molar-refractivity contribution in [3.63, 3.8) is 0 Å². The first-order valence-corrected chi connectivity index (χ1v) is 8.47. The largest absolute Gasteiger partial charge is 0.356 e. The van der Waals surface area contributed by atoms with Crippen LogP contribution in [0.5, 0.6) is 0 Å². The van der Waals surface area contributed by atoms with E-state index in [1.54, 1.807) is 0 Å². The minimum absolute atomic E-state index is 0.137. The van der Waals surface area contributed by atoms with E-state index >= 15 is 0 Å². The van der Waals surface area contributed by atoms with E-state index in [0.717, 1.165) is 58.3 Å². The first-order chi connectivity index (χ1) is 10.2. The summed E-state index contributed by atoms with van der Waals surface area (Å²) < 4.78 is 0. The molecule has 0 radical (unpaired) electrons. The summed E-state index contributed by atoms with van der Waals surface area (Å²) in [5.74, 6) is 1.02. The summed E-state index contributed by atoms with van der Waals surface area (Å²) in [7, 11) is 0. The van der Waals surface area contributed by atoms with E-state index in [2.05, 4.69) is 10.6 Å². The summed E-state index contributed by atoms with van der Waals surface area (Å²) in [6, 6.07) is 0. The second-order valence-electron chi connectivity index (χ2n) is 6.39. The van der Waals surface area contributed by atoms with Crippen molar-refractivity contribution in [2.24, 2.45) is 11.8 Å². The minimum Gasteiger partial charge on any atom is -0.356 e. The van der Waals surface area contributed by atoms with Crippen molar-refractivity contribution >= 4 is 11.8 Å². The van der Waals surface area contributed by atoms with Gasteiger partial charge in [0, 0.05) is 32.6 Å². The van der Waals surface area contributed by atoms with Gasteiger partial charge in [0.25, 0.3) is 0 Å². The molecule has 2 saturated heterocycles.